The summed E-state index contributed by atoms with van der Waals surface area (Å²) >= 11 is 0. The molecule has 76 valence electrons. The van der Waals surface area contributed by atoms with E-state index in [2.05, 4.69) is 0 Å². The number of halogens is 1. The molecule has 0 heterocycles. The van der Waals surface area contributed by atoms with Crippen LogP contribution in [-0.2, 0) is 4.79 Å². The standard InChI is InChI=1S/C11H9FN2O/c12-10-5-8(2-1-3-11(14)15)4-9(6-10)7-13/h1-2,4-6H,3H2,(H2,14,15). The normalized spacial score (nSPS) is 10.1. The van der Waals surface area contributed by atoms with E-state index in [1.54, 1.807) is 6.08 Å². The molecule has 0 spiro atoms. The molecule has 0 fully saturated rings. The molecule has 0 bridgehead atoms. The van der Waals surface area contributed by atoms with Crippen LogP contribution in [0.3, 0.4) is 0 Å². The van der Waals surface area contributed by atoms with Gasteiger partial charge in [-0.1, -0.05) is 12.2 Å². The van der Waals surface area contributed by atoms with Crippen molar-refractivity contribution in [3.8, 4) is 6.07 Å². The van der Waals surface area contributed by atoms with Gasteiger partial charge >= 0.3 is 0 Å². The van der Waals surface area contributed by atoms with Gasteiger partial charge in [0.15, 0.2) is 0 Å². The zero-order valence-corrected chi connectivity index (χ0v) is 7.90. The molecular formula is C11H9FN2O. The van der Waals surface area contributed by atoms with E-state index in [9.17, 15) is 9.18 Å². The lowest BCUT2D eigenvalue weighted by atomic mass is 10.1. The smallest absolute Gasteiger partial charge is 0.221 e. The number of nitrogens with two attached hydrogens (primary N) is 1. The van der Waals surface area contributed by atoms with Crippen molar-refractivity contribution in [3.63, 3.8) is 0 Å². The van der Waals surface area contributed by atoms with Gasteiger partial charge in [0.25, 0.3) is 0 Å². The Kier molecular flexibility index (Phi) is 3.58. The van der Waals surface area contributed by atoms with Gasteiger partial charge in [0.1, 0.15) is 5.82 Å². The molecule has 0 aliphatic carbocycles. The average Bonchev–Trinajstić information content (AvgIpc) is 2.16. The molecule has 0 atom stereocenters. The van der Waals surface area contributed by atoms with Crippen molar-refractivity contribution >= 4 is 12.0 Å². The Morgan fingerprint density at radius 3 is 2.87 bits per heavy atom. The second-order valence-corrected chi connectivity index (χ2v) is 2.96. The quantitative estimate of drug-likeness (QED) is 0.812. The van der Waals surface area contributed by atoms with Crippen LogP contribution in [0.4, 0.5) is 4.39 Å². The van der Waals surface area contributed by atoms with E-state index in [1.165, 1.54) is 18.2 Å². The van der Waals surface area contributed by atoms with Crippen LogP contribution in [0.5, 0.6) is 0 Å². The first-order chi connectivity index (χ1) is 7.11. The lowest BCUT2D eigenvalue weighted by Gasteiger charge is -1.95. The van der Waals surface area contributed by atoms with E-state index in [1.807, 2.05) is 6.07 Å². The van der Waals surface area contributed by atoms with Crippen LogP contribution in [0.1, 0.15) is 17.5 Å². The molecule has 0 radical (unpaired) electrons. The highest BCUT2D eigenvalue weighted by atomic mass is 19.1. The highest BCUT2D eigenvalue weighted by molar-refractivity contribution is 5.76. The van der Waals surface area contributed by atoms with Crippen molar-refractivity contribution in [2.24, 2.45) is 5.73 Å². The van der Waals surface area contributed by atoms with Crippen LogP contribution >= 0.6 is 0 Å². The largest absolute Gasteiger partial charge is 0.369 e. The van der Waals surface area contributed by atoms with E-state index in [0.717, 1.165) is 6.07 Å². The molecule has 1 aromatic carbocycles. The number of nitrogens with zero attached hydrogens (tertiary/aromatic N) is 1. The minimum Gasteiger partial charge on any atom is -0.369 e. The van der Waals surface area contributed by atoms with Crippen molar-refractivity contribution in [2.45, 2.75) is 6.42 Å². The number of carbonyl (C=O) groups excluding carboxylic acids is 1. The molecular weight excluding hydrogens is 195 g/mol. The molecule has 2 N–H and O–H groups in total. The molecule has 0 saturated heterocycles. The number of rotatable bonds is 3. The second-order valence-electron chi connectivity index (χ2n) is 2.96. The highest BCUT2D eigenvalue weighted by Crippen LogP contribution is 2.10. The molecule has 4 heteroatoms. The first-order valence-corrected chi connectivity index (χ1v) is 4.27. The van der Waals surface area contributed by atoms with E-state index >= 15 is 0 Å². The molecule has 0 aromatic heterocycles. The predicted octanol–water partition coefficient (Wildman–Crippen LogP) is 1.59. The summed E-state index contributed by atoms with van der Waals surface area (Å²) in [5.41, 5.74) is 5.71. The van der Waals surface area contributed by atoms with Crippen LogP contribution < -0.4 is 5.73 Å². The molecule has 15 heavy (non-hydrogen) atoms. The Balaban J connectivity index is 2.86. The van der Waals surface area contributed by atoms with Crippen molar-refractivity contribution in [3.05, 3.63) is 41.2 Å². The van der Waals surface area contributed by atoms with Gasteiger partial charge in [-0.3, -0.25) is 4.79 Å². The van der Waals surface area contributed by atoms with Gasteiger partial charge < -0.3 is 5.73 Å². The van der Waals surface area contributed by atoms with Gasteiger partial charge in [-0.25, -0.2) is 4.39 Å². The third kappa shape index (κ3) is 3.61. The maximum absolute atomic E-state index is 12.9. The summed E-state index contributed by atoms with van der Waals surface area (Å²) in [6.45, 7) is 0. The Morgan fingerprint density at radius 2 is 2.27 bits per heavy atom. The number of carbonyl (C=O) groups is 1. The van der Waals surface area contributed by atoms with Crippen molar-refractivity contribution in [2.75, 3.05) is 0 Å². The second kappa shape index (κ2) is 4.91. The summed E-state index contributed by atoms with van der Waals surface area (Å²) in [6, 6.07) is 5.79. The number of amides is 1. The van der Waals surface area contributed by atoms with E-state index in [4.69, 9.17) is 11.0 Å². The minimum atomic E-state index is -0.479. The average molecular weight is 204 g/mol. The van der Waals surface area contributed by atoms with Gasteiger partial charge in [-0.15, -0.1) is 0 Å². The molecule has 1 amide bonds. The molecule has 3 nitrogen and oxygen atoms in total. The summed E-state index contributed by atoms with van der Waals surface area (Å²) in [7, 11) is 0. The number of benzene rings is 1. The van der Waals surface area contributed by atoms with Crippen LogP contribution in [0.2, 0.25) is 0 Å². The third-order valence-electron chi connectivity index (χ3n) is 1.68. The summed E-state index contributed by atoms with van der Waals surface area (Å²) < 4.78 is 12.9. The van der Waals surface area contributed by atoms with Gasteiger partial charge in [-0.2, -0.15) is 5.26 Å². The fourth-order valence-corrected chi connectivity index (χ4v) is 1.08. The first kappa shape index (κ1) is 10.9. The van der Waals surface area contributed by atoms with Crippen molar-refractivity contribution in [1.29, 1.82) is 5.26 Å². The van der Waals surface area contributed by atoms with Crippen LogP contribution in [0.15, 0.2) is 24.3 Å². The molecule has 1 rings (SSSR count). The number of primary amides is 1. The number of hydrogen-bond donors (Lipinski definition) is 1. The summed E-state index contributed by atoms with van der Waals surface area (Å²) in [5.74, 6) is -0.934. The third-order valence-corrected chi connectivity index (χ3v) is 1.68. The van der Waals surface area contributed by atoms with Crippen LogP contribution in [-0.4, -0.2) is 5.91 Å². The fourth-order valence-electron chi connectivity index (χ4n) is 1.08. The molecule has 0 aliphatic heterocycles. The molecule has 0 saturated carbocycles. The van der Waals surface area contributed by atoms with Gasteiger partial charge in [-0.05, 0) is 23.8 Å². The van der Waals surface area contributed by atoms with E-state index < -0.39 is 11.7 Å². The maximum atomic E-state index is 12.9. The van der Waals surface area contributed by atoms with Crippen LogP contribution in [0, 0.1) is 17.1 Å². The number of hydrogen-bond acceptors (Lipinski definition) is 2. The maximum Gasteiger partial charge on any atom is 0.221 e. The molecule has 1 aromatic rings. The summed E-state index contributed by atoms with van der Waals surface area (Å²) in [4.78, 5) is 10.4. The Hall–Kier alpha value is -2.15. The highest BCUT2D eigenvalue weighted by Gasteiger charge is 1.97. The van der Waals surface area contributed by atoms with E-state index in [0.29, 0.717) is 5.56 Å². The summed E-state index contributed by atoms with van der Waals surface area (Å²) in [5, 5.41) is 8.59. The molecule has 0 aliphatic rings. The van der Waals surface area contributed by atoms with Gasteiger partial charge in [0, 0.05) is 6.42 Å². The summed E-state index contributed by atoms with van der Waals surface area (Å²) in [6.07, 6.45) is 3.17. The molecule has 0 unspecified atom stereocenters. The zero-order valence-electron chi connectivity index (χ0n) is 7.90. The van der Waals surface area contributed by atoms with E-state index in [-0.39, 0.29) is 12.0 Å². The lowest BCUT2D eigenvalue weighted by molar-refractivity contribution is -0.117. The van der Waals surface area contributed by atoms with Gasteiger partial charge in [0.05, 0.1) is 11.6 Å². The van der Waals surface area contributed by atoms with Gasteiger partial charge in [0.2, 0.25) is 5.91 Å². The monoisotopic (exact) mass is 204 g/mol. The Bertz CT molecular complexity index is 446. The predicted molar refractivity (Wildman–Crippen MR) is 54.0 cm³/mol. The fraction of sp³-hybridized carbons (Fsp3) is 0.0909. The number of nitriles is 1. The Labute approximate surface area is 86.6 Å². The van der Waals surface area contributed by atoms with Crippen LogP contribution in [0.25, 0.3) is 6.08 Å². The Morgan fingerprint density at radius 1 is 1.53 bits per heavy atom. The zero-order chi connectivity index (χ0) is 11.3. The van der Waals surface area contributed by atoms with Crippen molar-refractivity contribution < 1.29 is 9.18 Å². The van der Waals surface area contributed by atoms with Crippen molar-refractivity contribution in [1.82, 2.24) is 0 Å². The lowest BCUT2D eigenvalue weighted by Crippen LogP contribution is -2.07. The topological polar surface area (TPSA) is 66.9 Å². The minimum absolute atomic E-state index is 0.0956. The SMILES string of the molecule is N#Cc1cc(F)cc(C=CCC(N)=O)c1. The first-order valence-electron chi connectivity index (χ1n) is 4.27.